The van der Waals surface area contributed by atoms with E-state index in [1.807, 2.05) is 11.8 Å². The topological polar surface area (TPSA) is 61.9 Å². The van der Waals surface area contributed by atoms with Crippen molar-refractivity contribution in [2.45, 2.75) is 45.4 Å². The molecule has 0 radical (unpaired) electrons. The standard InChI is InChI=1S/C19H24F2N4O/c1-13-22-18(24-23-13)8-9-19(26)25-10-2-3-15(12-25)5-4-14-6-7-16(20)17(21)11-14/h6-7,11,15H,2-5,8-10,12H2,1H3,(H,22,23,24)/t15-/m0/s1. The number of H-pyrrole nitrogens is 1. The molecule has 0 saturated carbocycles. The number of hydrogen-bond donors (Lipinski definition) is 1. The van der Waals surface area contributed by atoms with Gasteiger partial charge in [0.2, 0.25) is 5.91 Å². The molecule has 1 N–H and O–H groups in total. The molecule has 1 aromatic heterocycles. The molecule has 0 spiro atoms. The minimum absolute atomic E-state index is 0.130. The van der Waals surface area contributed by atoms with E-state index in [0.29, 0.717) is 31.0 Å². The van der Waals surface area contributed by atoms with Crippen LogP contribution in [0.2, 0.25) is 0 Å². The number of piperidine rings is 1. The zero-order chi connectivity index (χ0) is 18.5. The predicted octanol–water partition coefficient (Wildman–Crippen LogP) is 3.20. The summed E-state index contributed by atoms with van der Waals surface area (Å²) in [6, 6.07) is 4.06. The normalized spacial score (nSPS) is 17.5. The second kappa shape index (κ2) is 8.38. The van der Waals surface area contributed by atoms with Crippen molar-refractivity contribution in [2.75, 3.05) is 13.1 Å². The minimum atomic E-state index is -0.815. The van der Waals surface area contributed by atoms with Gasteiger partial charge in [0.05, 0.1) is 0 Å². The molecule has 1 aliphatic rings. The Morgan fingerprint density at radius 1 is 1.31 bits per heavy atom. The van der Waals surface area contributed by atoms with E-state index in [1.54, 1.807) is 6.07 Å². The first-order chi connectivity index (χ1) is 12.5. The number of aryl methyl sites for hydroxylation is 3. The van der Waals surface area contributed by atoms with Gasteiger partial charge in [0, 0.05) is 25.9 Å². The molecule has 0 unspecified atom stereocenters. The minimum Gasteiger partial charge on any atom is -0.342 e. The molecule has 2 aromatic rings. The number of amides is 1. The predicted molar refractivity (Wildman–Crippen MR) is 93.4 cm³/mol. The number of nitrogens with one attached hydrogen (secondary N) is 1. The average molecular weight is 362 g/mol. The van der Waals surface area contributed by atoms with Crippen molar-refractivity contribution >= 4 is 5.91 Å². The SMILES string of the molecule is Cc1nc(CCC(=O)N2CCC[C@@H](CCc3ccc(F)c(F)c3)C2)n[nH]1. The number of carbonyl (C=O) groups excluding carboxylic acids is 1. The van der Waals surface area contributed by atoms with Crippen LogP contribution in [-0.4, -0.2) is 39.1 Å². The van der Waals surface area contributed by atoms with Gasteiger partial charge in [-0.1, -0.05) is 6.07 Å². The molecule has 1 aromatic carbocycles. The van der Waals surface area contributed by atoms with Crippen LogP contribution < -0.4 is 0 Å². The van der Waals surface area contributed by atoms with Gasteiger partial charge in [0.1, 0.15) is 5.82 Å². The summed E-state index contributed by atoms with van der Waals surface area (Å²) in [4.78, 5) is 18.6. The molecular weight excluding hydrogens is 338 g/mol. The van der Waals surface area contributed by atoms with Gasteiger partial charge in [-0.2, -0.15) is 5.10 Å². The number of aromatic amines is 1. The van der Waals surface area contributed by atoms with Gasteiger partial charge in [-0.15, -0.1) is 0 Å². The number of hydrogen-bond acceptors (Lipinski definition) is 3. The first kappa shape index (κ1) is 18.5. The van der Waals surface area contributed by atoms with E-state index in [-0.39, 0.29) is 5.91 Å². The summed E-state index contributed by atoms with van der Waals surface area (Å²) in [5.41, 5.74) is 0.798. The number of benzene rings is 1. The van der Waals surface area contributed by atoms with Crippen molar-refractivity contribution in [3.8, 4) is 0 Å². The molecule has 0 bridgehead atoms. The molecule has 3 rings (SSSR count). The summed E-state index contributed by atoms with van der Waals surface area (Å²) in [7, 11) is 0. The maximum absolute atomic E-state index is 13.3. The lowest BCUT2D eigenvalue weighted by atomic mass is 9.91. The number of rotatable bonds is 6. The number of aromatic nitrogens is 3. The molecule has 1 aliphatic heterocycles. The summed E-state index contributed by atoms with van der Waals surface area (Å²) in [6.07, 6.45) is 4.56. The van der Waals surface area contributed by atoms with Crippen LogP contribution in [0.3, 0.4) is 0 Å². The molecule has 5 nitrogen and oxygen atoms in total. The molecule has 140 valence electrons. The Morgan fingerprint density at radius 3 is 2.88 bits per heavy atom. The van der Waals surface area contributed by atoms with Crippen molar-refractivity contribution in [3.05, 3.63) is 47.0 Å². The number of likely N-dealkylation sites (tertiary alicyclic amines) is 1. The third-order valence-corrected chi connectivity index (χ3v) is 4.90. The van der Waals surface area contributed by atoms with Crippen LogP contribution in [0.1, 0.15) is 42.9 Å². The maximum Gasteiger partial charge on any atom is 0.223 e. The fraction of sp³-hybridized carbons (Fsp3) is 0.526. The zero-order valence-corrected chi connectivity index (χ0v) is 15.0. The number of nitrogens with zero attached hydrogens (tertiary/aromatic N) is 3. The number of carbonyl (C=O) groups is 1. The van der Waals surface area contributed by atoms with Crippen LogP contribution in [0.15, 0.2) is 18.2 Å². The van der Waals surface area contributed by atoms with Gasteiger partial charge in [-0.05, 0) is 56.2 Å². The van der Waals surface area contributed by atoms with E-state index < -0.39 is 11.6 Å². The van der Waals surface area contributed by atoms with Crippen LogP contribution in [0, 0.1) is 24.5 Å². The Labute approximate surface area is 151 Å². The highest BCUT2D eigenvalue weighted by Crippen LogP contribution is 2.23. The highest BCUT2D eigenvalue weighted by atomic mass is 19.2. The lowest BCUT2D eigenvalue weighted by molar-refractivity contribution is -0.133. The van der Waals surface area contributed by atoms with Crippen molar-refractivity contribution in [1.29, 1.82) is 0 Å². The van der Waals surface area contributed by atoms with Crippen molar-refractivity contribution in [2.24, 2.45) is 5.92 Å². The average Bonchev–Trinajstić information content (AvgIpc) is 3.06. The summed E-state index contributed by atoms with van der Waals surface area (Å²) >= 11 is 0. The third-order valence-electron chi connectivity index (χ3n) is 4.90. The summed E-state index contributed by atoms with van der Waals surface area (Å²) in [5.74, 6) is 0.331. The second-order valence-electron chi connectivity index (χ2n) is 6.97. The lowest BCUT2D eigenvalue weighted by Crippen LogP contribution is -2.40. The molecule has 0 aliphatic carbocycles. The Hall–Kier alpha value is -2.31. The van der Waals surface area contributed by atoms with Gasteiger partial charge in [-0.25, -0.2) is 13.8 Å². The largest absolute Gasteiger partial charge is 0.342 e. The fourth-order valence-corrected chi connectivity index (χ4v) is 3.47. The Bertz CT molecular complexity index is 762. The van der Waals surface area contributed by atoms with Crippen molar-refractivity contribution in [1.82, 2.24) is 20.1 Å². The van der Waals surface area contributed by atoms with Gasteiger partial charge in [0.15, 0.2) is 17.5 Å². The molecular formula is C19H24F2N4O. The Morgan fingerprint density at radius 2 is 2.15 bits per heavy atom. The van der Waals surface area contributed by atoms with Gasteiger partial charge in [0.25, 0.3) is 0 Å². The van der Waals surface area contributed by atoms with E-state index >= 15 is 0 Å². The van der Waals surface area contributed by atoms with Crippen LogP contribution in [0.4, 0.5) is 8.78 Å². The zero-order valence-electron chi connectivity index (χ0n) is 15.0. The Kier molecular flexibility index (Phi) is 5.96. The molecule has 1 saturated heterocycles. The van der Waals surface area contributed by atoms with Gasteiger partial charge in [-0.3, -0.25) is 9.89 Å². The van der Waals surface area contributed by atoms with Gasteiger partial charge >= 0.3 is 0 Å². The second-order valence-corrected chi connectivity index (χ2v) is 6.97. The smallest absolute Gasteiger partial charge is 0.223 e. The van der Waals surface area contributed by atoms with E-state index in [1.165, 1.54) is 12.1 Å². The monoisotopic (exact) mass is 362 g/mol. The quantitative estimate of drug-likeness (QED) is 0.858. The van der Waals surface area contributed by atoms with Crippen LogP contribution in [0.5, 0.6) is 0 Å². The highest BCUT2D eigenvalue weighted by molar-refractivity contribution is 5.76. The van der Waals surface area contributed by atoms with E-state index in [0.717, 1.165) is 43.7 Å². The summed E-state index contributed by atoms with van der Waals surface area (Å²) < 4.78 is 26.3. The lowest BCUT2D eigenvalue weighted by Gasteiger charge is -2.33. The van der Waals surface area contributed by atoms with Crippen LogP contribution >= 0.6 is 0 Å². The van der Waals surface area contributed by atoms with Gasteiger partial charge < -0.3 is 4.90 Å². The molecule has 1 amide bonds. The molecule has 1 fully saturated rings. The van der Waals surface area contributed by atoms with E-state index in [9.17, 15) is 13.6 Å². The van der Waals surface area contributed by atoms with E-state index in [2.05, 4.69) is 15.2 Å². The van der Waals surface area contributed by atoms with Crippen LogP contribution in [0.25, 0.3) is 0 Å². The van der Waals surface area contributed by atoms with Crippen LogP contribution in [-0.2, 0) is 17.6 Å². The molecule has 7 heteroatoms. The summed E-state index contributed by atoms with van der Waals surface area (Å²) in [6.45, 7) is 3.35. The van der Waals surface area contributed by atoms with Crippen molar-refractivity contribution < 1.29 is 13.6 Å². The van der Waals surface area contributed by atoms with Crippen molar-refractivity contribution in [3.63, 3.8) is 0 Å². The molecule has 1 atom stereocenters. The Balaban J connectivity index is 1.47. The van der Waals surface area contributed by atoms with E-state index in [4.69, 9.17) is 0 Å². The first-order valence-electron chi connectivity index (χ1n) is 9.11. The summed E-state index contributed by atoms with van der Waals surface area (Å²) in [5, 5.41) is 6.84. The number of halogens is 2. The highest BCUT2D eigenvalue weighted by Gasteiger charge is 2.23. The maximum atomic E-state index is 13.3. The fourth-order valence-electron chi connectivity index (χ4n) is 3.47. The molecule has 2 heterocycles. The third kappa shape index (κ3) is 4.86. The molecule has 26 heavy (non-hydrogen) atoms. The first-order valence-corrected chi connectivity index (χ1v) is 9.11.